The number of nitrogens with one attached hydrogen (secondary N) is 1. The van der Waals surface area contributed by atoms with Crippen LogP contribution in [-0.2, 0) is 13.1 Å². The molecular weight excluding hydrogens is 334 g/mol. The molecule has 132 valence electrons. The Kier molecular flexibility index (Phi) is 3.66. The first-order valence-electron chi connectivity index (χ1n) is 9.33. The smallest absolute Gasteiger partial charge is 0.151 e. The Morgan fingerprint density at radius 1 is 1.16 bits per heavy atom. The van der Waals surface area contributed by atoms with Gasteiger partial charge in [-0.05, 0) is 69.5 Å². The van der Waals surface area contributed by atoms with Crippen LogP contribution in [-0.4, -0.2) is 38.3 Å². The molecule has 6 heteroatoms. The van der Waals surface area contributed by atoms with Gasteiger partial charge in [-0.3, -0.25) is 9.47 Å². The van der Waals surface area contributed by atoms with E-state index in [9.17, 15) is 0 Å². The number of hydrogen-bond acceptors (Lipinski definition) is 4. The van der Waals surface area contributed by atoms with Crippen molar-refractivity contribution in [2.75, 3.05) is 13.1 Å². The van der Waals surface area contributed by atoms with Gasteiger partial charge >= 0.3 is 0 Å². The predicted octanol–water partition coefficient (Wildman–Crippen LogP) is 3.26. The molecule has 1 saturated heterocycles. The number of halogens is 1. The van der Waals surface area contributed by atoms with Gasteiger partial charge in [-0.15, -0.1) is 10.2 Å². The molecule has 25 heavy (non-hydrogen) atoms. The Bertz CT molecular complexity index is 804. The van der Waals surface area contributed by atoms with Crippen molar-refractivity contribution < 1.29 is 0 Å². The van der Waals surface area contributed by atoms with Crippen LogP contribution >= 0.6 is 11.6 Å². The van der Waals surface area contributed by atoms with Gasteiger partial charge in [0.25, 0.3) is 0 Å². The Hall–Kier alpha value is -1.43. The number of fused-ring (bicyclic) bond motifs is 3. The fourth-order valence-electron chi connectivity index (χ4n) is 4.25. The van der Waals surface area contributed by atoms with Crippen LogP contribution in [0.5, 0.6) is 0 Å². The van der Waals surface area contributed by atoms with Gasteiger partial charge < -0.3 is 5.32 Å². The lowest BCUT2D eigenvalue weighted by atomic mass is 9.97. The molecule has 5 nitrogen and oxygen atoms in total. The van der Waals surface area contributed by atoms with Crippen molar-refractivity contribution in [2.24, 2.45) is 0 Å². The molecule has 0 amide bonds. The molecule has 0 bridgehead atoms. The topological polar surface area (TPSA) is 46.0 Å². The van der Waals surface area contributed by atoms with E-state index in [1.807, 2.05) is 6.07 Å². The van der Waals surface area contributed by atoms with E-state index in [-0.39, 0.29) is 0 Å². The summed E-state index contributed by atoms with van der Waals surface area (Å²) in [4.78, 5) is 2.56. The highest BCUT2D eigenvalue weighted by Crippen LogP contribution is 2.44. The summed E-state index contributed by atoms with van der Waals surface area (Å²) in [6.45, 7) is 6.27. The van der Waals surface area contributed by atoms with Gasteiger partial charge in [-0.25, -0.2) is 0 Å². The molecule has 3 heterocycles. The zero-order valence-electron chi connectivity index (χ0n) is 14.6. The van der Waals surface area contributed by atoms with E-state index in [1.165, 1.54) is 24.1 Å². The third-order valence-electron chi connectivity index (χ3n) is 6.17. The van der Waals surface area contributed by atoms with E-state index in [1.54, 1.807) is 0 Å². The van der Waals surface area contributed by atoms with Gasteiger partial charge in [0, 0.05) is 23.0 Å². The molecule has 1 saturated carbocycles. The van der Waals surface area contributed by atoms with Crippen LogP contribution in [0.3, 0.4) is 0 Å². The van der Waals surface area contributed by atoms with Crippen molar-refractivity contribution in [3.63, 3.8) is 0 Å². The molecule has 0 spiro atoms. The lowest BCUT2D eigenvalue weighted by Gasteiger charge is -2.27. The Balaban J connectivity index is 1.64. The number of nitrogens with zero attached hydrogens (tertiary/aromatic N) is 4. The molecule has 1 aromatic carbocycles. The fraction of sp³-hybridized carbons (Fsp3) is 0.579. The zero-order valence-corrected chi connectivity index (χ0v) is 15.4. The van der Waals surface area contributed by atoms with Gasteiger partial charge in [0.1, 0.15) is 5.82 Å². The summed E-state index contributed by atoms with van der Waals surface area (Å²) in [6, 6.07) is 6.26. The van der Waals surface area contributed by atoms with E-state index in [4.69, 9.17) is 11.6 Å². The van der Waals surface area contributed by atoms with Gasteiger partial charge in [-0.1, -0.05) is 11.6 Å². The number of hydrogen-bond donors (Lipinski definition) is 1. The summed E-state index contributed by atoms with van der Waals surface area (Å²) in [6.07, 6.45) is 4.78. The Morgan fingerprint density at radius 3 is 2.72 bits per heavy atom. The number of piperidine rings is 1. The van der Waals surface area contributed by atoms with Crippen molar-refractivity contribution in [3.05, 3.63) is 40.4 Å². The second-order valence-electron chi connectivity index (χ2n) is 7.96. The van der Waals surface area contributed by atoms with E-state index < -0.39 is 0 Å². The lowest BCUT2D eigenvalue weighted by molar-refractivity contribution is 0.170. The van der Waals surface area contributed by atoms with Crippen LogP contribution in [0.4, 0.5) is 0 Å². The molecule has 0 radical (unpaired) electrons. The molecule has 0 atom stereocenters. The minimum absolute atomic E-state index is 0.301. The van der Waals surface area contributed by atoms with E-state index >= 15 is 0 Å². The molecule has 1 aliphatic carbocycles. The third kappa shape index (κ3) is 2.69. The van der Waals surface area contributed by atoms with Gasteiger partial charge in [0.15, 0.2) is 5.82 Å². The molecule has 0 unspecified atom stereocenters. The predicted molar refractivity (Wildman–Crippen MR) is 98.1 cm³/mol. The largest absolute Gasteiger partial charge is 0.317 e. The molecule has 1 aromatic heterocycles. The minimum Gasteiger partial charge on any atom is -0.317 e. The monoisotopic (exact) mass is 357 g/mol. The second-order valence-corrected chi connectivity index (χ2v) is 8.40. The van der Waals surface area contributed by atoms with Gasteiger partial charge in [0.2, 0.25) is 0 Å². The minimum atomic E-state index is 0.301. The number of aromatic nitrogens is 3. The van der Waals surface area contributed by atoms with Gasteiger partial charge in [0.05, 0.1) is 12.2 Å². The molecule has 1 N–H and O–H groups in total. The third-order valence-corrected chi connectivity index (χ3v) is 6.41. The summed E-state index contributed by atoms with van der Waals surface area (Å²) in [5.41, 5.74) is 2.80. The van der Waals surface area contributed by atoms with Crippen molar-refractivity contribution in [1.82, 2.24) is 25.0 Å². The summed E-state index contributed by atoms with van der Waals surface area (Å²) in [5.74, 6) is 2.68. The summed E-state index contributed by atoms with van der Waals surface area (Å²) < 4.78 is 2.33. The standard InChI is InChI=1S/C19H24ClN5/c1-19(6-7-19)24-11-14-10-15(20)2-3-16(14)25-17(12-24)22-23-18(25)13-4-8-21-9-5-13/h2-3,10,13,21H,4-9,11-12H2,1H3. The van der Waals surface area contributed by atoms with E-state index in [0.717, 1.165) is 55.7 Å². The quantitative estimate of drug-likeness (QED) is 0.896. The number of rotatable bonds is 2. The lowest BCUT2D eigenvalue weighted by Crippen LogP contribution is -2.33. The van der Waals surface area contributed by atoms with Crippen LogP contribution in [0, 0.1) is 0 Å². The van der Waals surface area contributed by atoms with Crippen LogP contribution in [0.15, 0.2) is 18.2 Å². The van der Waals surface area contributed by atoms with Crippen molar-refractivity contribution >= 4 is 11.6 Å². The van der Waals surface area contributed by atoms with Crippen LogP contribution in [0.1, 0.15) is 55.7 Å². The second kappa shape index (κ2) is 5.79. The molecule has 2 fully saturated rings. The van der Waals surface area contributed by atoms with Crippen LogP contribution in [0.25, 0.3) is 5.69 Å². The summed E-state index contributed by atoms with van der Waals surface area (Å²) in [7, 11) is 0. The average Bonchev–Trinajstić information content (AvgIpc) is 3.28. The van der Waals surface area contributed by atoms with E-state index in [2.05, 4.69) is 44.0 Å². The maximum absolute atomic E-state index is 6.33. The highest BCUT2D eigenvalue weighted by molar-refractivity contribution is 6.30. The molecule has 2 aliphatic heterocycles. The SMILES string of the molecule is CC1(N2Cc3cc(Cl)ccc3-n3c(nnc3C3CCNCC3)C2)CC1. The first kappa shape index (κ1) is 15.8. The van der Waals surface area contributed by atoms with Gasteiger partial charge in [-0.2, -0.15) is 0 Å². The van der Waals surface area contributed by atoms with Crippen molar-refractivity contribution in [3.8, 4) is 5.69 Å². The van der Waals surface area contributed by atoms with Crippen molar-refractivity contribution in [1.29, 1.82) is 0 Å². The van der Waals surface area contributed by atoms with E-state index in [0.29, 0.717) is 11.5 Å². The van der Waals surface area contributed by atoms with Crippen molar-refractivity contribution in [2.45, 2.75) is 57.2 Å². The summed E-state index contributed by atoms with van der Waals surface area (Å²) >= 11 is 6.33. The normalized spacial score (nSPS) is 23.0. The zero-order chi connectivity index (χ0) is 17.0. The molecule has 2 aromatic rings. The Labute approximate surface area is 153 Å². The maximum Gasteiger partial charge on any atom is 0.151 e. The van der Waals surface area contributed by atoms with Crippen LogP contribution in [0.2, 0.25) is 5.02 Å². The maximum atomic E-state index is 6.33. The fourth-order valence-corrected chi connectivity index (χ4v) is 4.44. The average molecular weight is 358 g/mol. The highest BCUT2D eigenvalue weighted by Gasteiger charge is 2.45. The summed E-state index contributed by atoms with van der Waals surface area (Å²) in [5, 5.41) is 13.5. The highest BCUT2D eigenvalue weighted by atomic mass is 35.5. The molecule has 5 rings (SSSR count). The Morgan fingerprint density at radius 2 is 1.96 bits per heavy atom. The first-order valence-corrected chi connectivity index (χ1v) is 9.71. The number of benzene rings is 1. The van der Waals surface area contributed by atoms with Crippen LogP contribution < -0.4 is 5.32 Å². The molecule has 3 aliphatic rings. The first-order chi connectivity index (χ1) is 12.1. The molecular formula is C19H24ClN5.